The lowest BCUT2D eigenvalue weighted by atomic mass is 9.96. The van der Waals surface area contributed by atoms with Crippen LogP contribution in [-0.4, -0.2) is 48.5 Å². The molecular formula is C23H27N3O6S. The Hall–Kier alpha value is -3.24. The highest BCUT2D eigenvalue weighted by molar-refractivity contribution is 7.89. The molecule has 33 heavy (non-hydrogen) atoms. The average Bonchev–Trinajstić information content (AvgIpc) is 2.82. The van der Waals surface area contributed by atoms with Crippen molar-refractivity contribution in [3.63, 3.8) is 0 Å². The summed E-state index contributed by atoms with van der Waals surface area (Å²) in [5.74, 6) is -1.82. The molecule has 1 aliphatic heterocycles. The van der Waals surface area contributed by atoms with Gasteiger partial charge in [0.25, 0.3) is 5.91 Å². The van der Waals surface area contributed by atoms with Crippen molar-refractivity contribution in [2.24, 2.45) is 0 Å². The molecule has 0 aliphatic carbocycles. The molecule has 0 aromatic heterocycles. The quantitative estimate of drug-likeness (QED) is 0.591. The van der Waals surface area contributed by atoms with Gasteiger partial charge >= 0.3 is 12.0 Å². The second-order valence-electron chi connectivity index (χ2n) is 7.67. The molecule has 10 heteroatoms. The summed E-state index contributed by atoms with van der Waals surface area (Å²) in [7, 11) is -3.70. The summed E-state index contributed by atoms with van der Waals surface area (Å²) in [6.45, 7) is 3.10. The summed E-state index contributed by atoms with van der Waals surface area (Å²) in [5.41, 5.74) is 2.52. The number of benzene rings is 2. The van der Waals surface area contributed by atoms with E-state index in [0.29, 0.717) is 0 Å². The van der Waals surface area contributed by atoms with Crippen molar-refractivity contribution >= 4 is 27.9 Å². The van der Waals surface area contributed by atoms with E-state index in [2.05, 4.69) is 10.6 Å². The molecule has 0 radical (unpaired) electrons. The number of sulfonamides is 1. The van der Waals surface area contributed by atoms with Gasteiger partial charge in [0.05, 0.1) is 5.75 Å². The number of nitrogens with zero attached hydrogens (tertiary/aromatic N) is 1. The summed E-state index contributed by atoms with van der Waals surface area (Å²) in [5, 5.41) is 4.68. The number of carbonyl (C=O) groups excluding carboxylic acids is 3. The standard InChI is InChI=1S/C23H27N3O6S/c1-3-33(30,31)26-15-19-12-8-7-11-18(19)13-20(26)22(28)32-16(2)21(27)25-23(29)24-14-17-9-5-4-6-10-17/h4-12,16,20H,3,13-15H2,1-2H3,(H2,24,25,27,29)/t16?,20-/m0/s1. The van der Waals surface area contributed by atoms with Gasteiger partial charge in [-0.3, -0.25) is 14.9 Å². The normalized spacial score (nSPS) is 16.8. The van der Waals surface area contributed by atoms with Crippen molar-refractivity contribution in [3.8, 4) is 0 Å². The van der Waals surface area contributed by atoms with Crippen molar-refractivity contribution in [1.82, 2.24) is 14.9 Å². The Morgan fingerprint density at radius 2 is 1.70 bits per heavy atom. The predicted octanol–water partition coefficient (Wildman–Crippen LogP) is 1.72. The Labute approximate surface area is 193 Å². The first-order valence-corrected chi connectivity index (χ1v) is 12.2. The zero-order valence-electron chi connectivity index (χ0n) is 18.5. The van der Waals surface area contributed by atoms with Gasteiger partial charge in [-0.05, 0) is 30.5 Å². The maximum atomic E-state index is 12.9. The molecule has 2 N–H and O–H groups in total. The van der Waals surface area contributed by atoms with Crippen LogP contribution in [-0.2, 0) is 43.9 Å². The Balaban J connectivity index is 1.62. The summed E-state index contributed by atoms with van der Waals surface area (Å²) in [6, 6.07) is 14.6. The minimum Gasteiger partial charge on any atom is -0.451 e. The summed E-state index contributed by atoms with van der Waals surface area (Å²) >= 11 is 0. The fraction of sp³-hybridized carbons (Fsp3) is 0.348. The summed E-state index contributed by atoms with van der Waals surface area (Å²) in [6.07, 6.45) is -1.15. The first kappa shape index (κ1) is 24.4. The number of nitrogens with one attached hydrogen (secondary N) is 2. The second kappa shape index (κ2) is 10.6. The van der Waals surface area contributed by atoms with Gasteiger partial charge in [0, 0.05) is 19.5 Å². The SMILES string of the molecule is CCS(=O)(=O)N1Cc2ccccc2C[C@H]1C(=O)OC(C)C(=O)NC(=O)NCc1ccccc1. The van der Waals surface area contributed by atoms with E-state index in [9.17, 15) is 22.8 Å². The molecular weight excluding hydrogens is 446 g/mol. The third-order valence-corrected chi connectivity index (χ3v) is 7.22. The van der Waals surface area contributed by atoms with Crippen LogP contribution >= 0.6 is 0 Å². The minimum atomic E-state index is -3.70. The molecule has 0 saturated carbocycles. The van der Waals surface area contributed by atoms with Crippen molar-refractivity contribution < 1.29 is 27.5 Å². The zero-order valence-corrected chi connectivity index (χ0v) is 19.3. The van der Waals surface area contributed by atoms with Gasteiger partial charge in [-0.2, -0.15) is 4.31 Å². The lowest BCUT2D eigenvalue weighted by Crippen LogP contribution is -2.51. The Morgan fingerprint density at radius 3 is 2.36 bits per heavy atom. The van der Waals surface area contributed by atoms with Crippen molar-refractivity contribution in [3.05, 3.63) is 71.3 Å². The van der Waals surface area contributed by atoms with Crippen LogP contribution in [0.1, 0.15) is 30.5 Å². The molecule has 0 saturated heterocycles. The van der Waals surface area contributed by atoms with E-state index in [1.165, 1.54) is 13.8 Å². The maximum absolute atomic E-state index is 12.9. The Bertz CT molecular complexity index is 1120. The number of hydrogen-bond acceptors (Lipinski definition) is 6. The topological polar surface area (TPSA) is 122 Å². The van der Waals surface area contributed by atoms with Gasteiger partial charge in [-0.25, -0.2) is 13.2 Å². The summed E-state index contributed by atoms with van der Waals surface area (Å²) < 4.78 is 31.6. The zero-order chi connectivity index (χ0) is 24.0. The molecule has 0 bridgehead atoms. The van der Waals surface area contributed by atoms with Crippen molar-refractivity contribution in [2.75, 3.05) is 5.75 Å². The molecule has 0 fully saturated rings. The van der Waals surface area contributed by atoms with Crippen LogP contribution < -0.4 is 10.6 Å². The molecule has 2 atom stereocenters. The molecule has 1 unspecified atom stereocenters. The Morgan fingerprint density at radius 1 is 1.06 bits per heavy atom. The molecule has 2 aromatic carbocycles. The van der Waals surface area contributed by atoms with E-state index >= 15 is 0 Å². The minimum absolute atomic E-state index is 0.0502. The number of urea groups is 1. The number of hydrogen-bond donors (Lipinski definition) is 2. The average molecular weight is 474 g/mol. The molecule has 1 aliphatic rings. The molecule has 176 valence electrons. The highest BCUT2D eigenvalue weighted by Crippen LogP contribution is 2.27. The monoisotopic (exact) mass is 473 g/mol. The van der Waals surface area contributed by atoms with Gasteiger partial charge in [-0.1, -0.05) is 54.6 Å². The van der Waals surface area contributed by atoms with Crippen LogP contribution in [0.5, 0.6) is 0 Å². The molecule has 2 aromatic rings. The fourth-order valence-electron chi connectivity index (χ4n) is 3.50. The molecule has 9 nitrogen and oxygen atoms in total. The van der Waals surface area contributed by atoms with Gasteiger partial charge in [0.15, 0.2) is 6.10 Å². The lowest BCUT2D eigenvalue weighted by molar-refractivity contribution is -0.158. The van der Waals surface area contributed by atoms with E-state index in [0.717, 1.165) is 21.0 Å². The first-order chi connectivity index (χ1) is 15.7. The highest BCUT2D eigenvalue weighted by atomic mass is 32.2. The lowest BCUT2D eigenvalue weighted by Gasteiger charge is -2.34. The number of rotatable bonds is 7. The van der Waals surface area contributed by atoms with Gasteiger partial charge in [0.2, 0.25) is 10.0 Å². The van der Waals surface area contributed by atoms with Gasteiger partial charge in [-0.15, -0.1) is 0 Å². The second-order valence-corrected chi connectivity index (χ2v) is 9.88. The molecule has 1 heterocycles. The highest BCUT2D eigenvalue weighted by Gasteiger charge is 2.40. The smallest absolute Gasteiger partial charge is 0.325 e. The molecule has 3 rings (SSSR count). The van der Waals surface area contributed by atoms with E-state index in [1.54, 1.807) is 0 Å². The van der Waals surface area contributed by atoms with Crippen LogP contribution in [0.2, 0.25) is 0 Å². The van der Waals surface area contributed by atoms with Crippen LogP contribution in [0.3, 0.4) is 0 Å². The summed E-state index contributed by atoms with van der Waals surface area (Å²) in [4.78, 5) is 37.2. The van der Waals surface area contributed by atoms with E-state index in [1.807, 2.05) is 54.6 Å². The number of fused-ring (bicyclic) bond motifs is 1. The number of esters is 1. The van der Waals surface area contributed by atoms with E-state index < -0.39 is 40.1 Å². The predicted molar refractivity (Wildman–Crippen MR) is 121 cm³/mol. The van der Waals surface area contributed by atoms with Crippen molar-refractivity contribution in [1.29, 1.82) is 0 Å². The van der Waals surface area contributed by atoms with Gasteiger partial charge in [0.1, 0.15) is 6.04 Å². The number of amides is 3. The van der Waals surface area contributed by atoms with Crippen LogP contribution in [0.4, 0.5) is 4.79 Å². The third-order valence-electron chi connectivity index (χ3n) is 5.39. The first-order valence-electron chi connectivity index (χ1n) is 10.6. The van der Waals surface area contributed by atoms with Gasteiger partial charge < -0.3 is 10.1 Å². The van der Waals surface area contributed by atoms with Crippen LogP contribution in [0.15, 0.2) is 54.6 Å². The number of ether oxygens (including phenoxy) is 1. The maximum Gasteiger partial charge on any atom is 0.325 e. The van der Waals surface area contributed by atoms with E-state index in [-0.39, 0.29) is 25.3 Å². The van der Waals surface area contributed by atoms with Crippen LogP contribution in [0.25, 0.3) is 0 Å². The molecule has 3 amide bonds. The largest absolute Gasteiger partial charge is 0.451 e. The van der Waals surface area contributed by atoms with Crippen LogP contribution in [0, 0.1) is 0 Å². The van der Waals surface area contributed by atoms with Crippen molar-refractivity contribution in [2.45, 2.75) is 45.5 Å². The fourth-order valence-corrected chi connectivity index (χ4v) is 4.72. The Kier molecular flexibility index (Phi) is 7.83. The van der Waals surface area contributed by atoms with E-state index in [4.69, 9.17) is 4.74 Å². The molecule has 0 spiro atoms. The third kappa shape index (κ3) is 6.17. The number of imide groups is 1. The number of carbonyl (C=O) groups is 3.